The van der Waals surface area contributed by atoms with Gasteiger partial charge in [-0.25, -0.2) is 0 Å². The van der Waals surface area contributed by atoms with Crippen LogP contribution in [0.3, 0.4) is 0 Å². The number of hydrogen-bond acceptors (Lipinski definition) is 10. The molecule has 302 valence electrons. The first-order valence-corrected chi connectivity index (χ1v) is 19.2. The van der Waals surface area contributed by atoms with Gasteiger partial charge >= 0.3 is 5.97 Å². The van der Waals surface area contributed by atoms with Crippen molar-refractivity contribution in [1.29, 1.82) is 0 Å². The average Bonchev–Trinajstić information content (AvgIpc) is 3.11. The van der Waals surface area contributed by atoms with Crippen molar-refractivity contribution in [3.05, 3.63) is 29.8 Å². The number of rotatable bonds is 31. The summed E-state index contributed by atoms with van der Waals surface area (Å²) >= 11 is 0. The molecule has 0 unspecified atom stereocenters. The third-order valence-corrected chi connectivity index (χ3v) is 8.36. The summed E-state index contributed by atoms with van der Waals surface area (Å²) in [6, 6.07) is 6.32. The largest absolute Gasteiger partial charge is 0.461 e. The van der Waals surface area contributed by atoms with Crippen molar-refractivity contribution in [2.45, 2.75) is 106 Å². The Hall–Kier alpha value is -3.39. The van der Waals surface area contributed by atoms with E-state index in [2.05, 4.69) is 29.8 Å². The van der Waals surface area contributed by atoms with E-state index in [1.807, 2.05) is 13.8 Å². The Morgan fingerprint density at radius 3 is 1.91 bits per heavy atom. The summed E-state index contributed by atoms with van der Waals surface area (Å²) in [5.41, 5.74) is 1.34. The van der Waals surface area contributed by atoms with Gasteiger partial charge in [0, 0.05) is 44.5 Å². The van der Waals surface area contributed by atoms with Crippen LogP contribution in [0.4, 0.5) is 5.69 Å². The normalized spacial score (nSPS) is 12.5. The second-order valence-electron chi connectivity index (χ2n) is 14.3. The summed E-state index contributed by atoms with van der Waals surface area (Å²) in [4.78, 5) is 64.0. The lowest BCUT2D eigenvalue weighted by atomic mass is 9.89. The Bertz CT molecular complexity index is 1190. The van der Waals surface area contributed by atoms with Crippen LogP contribution in [0.1, 0.15) is 98.5 Å². The average molecular weight is 750 g/mol. The van der Waals surface area contributed by atoms with E-state index in [4.69, 9.17) is 23.7 Å². The maximum absolute atomic E-state index is 13.6. The number of unbranched alkanes of at least 4 members (excludes halogenated alkanes) is 1. The molecule has 0 fully saturated rings. The molecule has 0 aliphatic heterocycles. The van der Waals surface area contributed by atoms with Crippen LogP contribution >= 0.6 is 0 Å². The van der Waals surface area contributed by atoms with Crippen LogP contribution in [-0.4, -0.2) is 95.4 Å². The van der Waals surface area contributed by atoms with Crippen molar-refractivity contribution in [1.82, 2.24) is 10.6 Å². The number of carbonyl (C=O) groups excluding carboxylic acids is 5. The minimum atomic E-state index is -0.696. The molecule has 13 heteroatoms. The molecular weight excluding hydrogens is 682 g/mol. The minimum Gasteiger partial charge on any atom is -0.461 e. The van der Waals surface area contributed by atoms with Gasteiger partial charge in [0.1, 0.15) is 6.61 Å². The molecule has 13 nitrogen and oxygen atoms in total. The van der Waals surface area contributed by atoms with Gasteiger partial charge in [-0.2, -0.15) is 0 Å². The molecule has 3 N–H and O–H groups in total. The third kappa shape index (κ3) is 23.8. The number of carbonyl (C=O) groups is 5. The second-order valence-corrected chi connectivity index (χ2v) is 14.3. The number of esters is 1. The van der Waals surface area contributed by atoms with E-state index in [1.54, 1.807) is 45.2 Å². The van der Waals surface area contributed by atoms with Gasteiger partial charge in [0.2, 0.25) is 17.7 Å². The first-order valence-electron chi connectivity index (χ1n) is 19.2. The number of Topliss-reactive ketones (excluding diaryl/α,β-unsaturated/α-hetero) is 1. The standard InChI is InChI=1S/C40H67N3O10/c1-29(2)11-10-13-37(46)43-38(30(3)4)35(44)27-33(39(47)42-34-16-14-32(15-17-34)28-53-40(48)31(5)6)12-8-9-19-41-36(45)18-20-50-23-24-52-26-25-51-22-21-49-7/h14-17,29-31,33,38H,8-13,18-28H2,1-7H3,(H,41,45)(H,42,47)(H,43,46)/t33-,38+/m1/s1. The van der Waals surface area contributed by atoms with Gasteiger partial charge in [-0.15, -0.1) is 0 Å². The summed E-state index contributed by atoms with van der Waals surface area (Å²) in [5, 5.41) is 8.73. The predicted molar refractivity (Wildman–Crippen MR) is 204 cm³/mol. The number of anilines is 1. The molecule has 53 heavy (non-hydrogen) atoms. The molecule has 0 saturated heterocycles. The molecule has 0 aliphatic rings. The number of methoxy groups -OCH3 is 1. The SMILES string of the molecule is COCCOCCOCCOCCC(=O)NCCCC[C@H](CC(=O)[C@@H](NC(=O)CCCC(C)C)C(C)C)C(=O)Nc1ccc(COC(=O)C(C)C)cc1. The van der Waals surface area contributed by atoms with Gasteiger partial charge < -0.3 is 39.6 Å². The number of benzene rings is 1. The van der Waals surface area contributed by atoms with E-state index in [0.717, 1.165) is 18.4 Å². The molecule has 0 bridgehead atoms. The first-order chi connectivity index (χ1) is 25.3. The lowest BCUT2D eigenvalue weighted by Gasteiger charge is -2.24. The van der Waals surface area contributed by atoms with Gasteiger partial charge in [-0.1, -0.05) is 66.5 Å². The van der Waals surface area contributed by atoms with Crippen molar-refractivity contribution in [3.63, 3.8) is 0 Å². The number of ether oxygens (including phenoxy) is 5. The van der Waals surface area contributed by atoms with Crippen molar-refractivity contribution in [3.8, 4) is 0 Å². The van der Waals surface area contributed by atoms with Crippen LogP contribution in [-0.2, 0) is 54.3 Å². The van der Waals surface area contributed by atoms with Crippen LogP contribution in [0.25, 0.3) is 0 Å². The molecule has 0 heterocycles. The summed E-state index contributed by atoms with van der Waals surface area (Å²) in [5.74, 6) is -1.59. The molecule has 0 radical (unpaired) electrons. The summed E-state index contributed by atoms with van der Waals surface area (Å²) in [7, 11) is 1.62. The molecular formula is C40H67N3O10. The summed E-state index contributed by atoms with van der Waals surface area (Å²) in [6.45, 7) is 15.2. The van der Waals surface area contributed by atoms with E-state index >= 15 is 0 Å². The summed E-state index contributed by atoms with van der Waals surface area (Å²) < 4.78 is 26.4. The highest BCUT2D eigenvalue weighted by molar-refractivity contribution is 5.97. The van der Waals surface area contributed by atoms with Crippen LogP contribution in [0.15, 0.2) is 24.3 Å². The van der Waals surface area contributed by atoms with Gasteiger partial charge in [0.25, 0.3) is 0 Å². The summed E-state index contributed by atoms with van der Waals surface area (Å²) in [6.07, 6.45) is 3.86. The van der Waals surface area contributed by atoms with Crippen LogP contribution < -0.4 is 16.0 Å². The van der Waals surface area contributed by atoms with Crippen molar-refractivity contribution >= 4 is 35.2 Å². The number of nitrogens with one attached hydrogen (secondary N) is 3. The van der Waals surface area contributed by atoms with E-state index < -0.39 is 12.0 Å². The Kier molecular flexibility index (Phi) is 26.1. The zero-order chi connectivity index (χ0) is 39.4. The lowest BCUT2D eigenvalue weighted by molar-refractivity contribution is -0.148. The highest BCUT2D eigenvalue weighted by Gasteiger charge is 2.29. The topological polar surface area (TPSA) is 168 Å². The predicted octanol–water partition coefficient (Wildman–Crippen LogP) is 5.24. The number of hydrogen-bond donors (Lipinski definition) is 3. The highest BCUT2D eigenvalue weighted by atomic mass is 16.6. The van der Waals surface area contributed by atoms with E-state index in [0.29, 0.717) is 83.5 Å². The molecule has 0 aliphatic carbocycles. The lowest BCUT2D eigenvalue weighted by Crippen LogP contribution is -2.45. The Labute approximate surface area is 317 Å². The van der Waals surface area contributed by atoms with E-state index in [-0.39, 0.29) is 67.4 Å². The van der Waals surface area contributed by atoms with Gasteiger partial charge in [0.15, 0.2) is 5.78 Å². The van der Waals surface area contributed by atoms with Crippen LogP contribution in [0, 0.1) is 23.7 Å². The second kappa shape index (κ2) is 29.0. The van der Waals surface area contributed by atoms with E-state index in [9.17, 15) is 24.0 Å². The monoisotopic (exact) mass is 749 g/mol. The fraction of sp³-hybridized carbons (Fsp3) is 0.725. The van der Waals surface area contributed by atoms with Crippen LogP contribution in [0.2, 0.25) is 0 Å². The molecule has 1 rings (SSSR count). The molecule has 1 aromatic rings. The maximum Gasteiger partial charge on any atom is 0.308 e. The molecule has 3 amide bonds. The van der Waals surface area contributed by atoms with Crippen LogP contribution in [0.5, 0.6) is 0 Å². The first kappa shape index (κ1) is 47.6. The Morgan fingerprint density at radius 2 is 1.32 bits per heavy atom. The molecule has 0 spiro atoms. The third-order valence-electron chi connectivity index (χ3n) is 8.36. The van der Waals surface area contributed by atoms with E-state index in [1.165, 1.54) is 0 Å². The fourth-order valence-electron chi connectivity index (χ4n) is 5.16. The molecule has 2 atom stereocenters. The Morgan fingerprint density at radius 1 is 0.698 bits per heavy atom. The zero-order valence-electron chi connectivity index (χ0n) is 33.3. The minimum absolute atomic E-state index is 0.0293. The fourth-order valence-corrected chi connectivity index (χ4v) is 5.16. The smallest absolute Gasteiger partial charge is 0.308 e. The zero-order valence-corrected chi connectivity index (χ0v) is 33.3. The highest BCUT2D eigenvalue weighted by Crippen LogP contribution is 2.21. The number of ketones is 1. The van der Waals surface area contributed by atoms with Gasteiger partial charge in [-0.05, 0) is 48.8 Å². The van der Waals surface area contributed by atoms with Gasteiger partial charge in [0.05, 0.1) is 58.2 Å². The van der Waals surface area contributed by atoms with Crippen molar-refractivity contribution in [2.75, 3.05) is 65.2 Å². The quantitative estimate of drug-likeness (QED) is 0.0675. The maximum atomic E-state index is 13.6. The van der Waals surface area contributed by atoms with Crippen molar-refractivity contribution < 1.29 is 47.7 Å². The van der Waals surface area contributed by atoms with Gasteiger partial charge in [-0.3, -0.25) is 24.0 Å². The molecule has 0 aromatic heterocycles. The Balaban J connectivity index is 2.67. The van der Waals surface area contributed by atoms with Crippen molar-refractivity contribution in [2.24, 2.45) is 23.7 Å². The number of amides is 3. The molecule has 1 aromatic carbocycles. The molecule has 0 saturated carbocycles.